The van der Waals surface area contributed by atoms with Gasteiger partial charge in [-0.15, -0.1) is 0 Å². The molecule has 0 aliphatic carbocycles. The average molecular weight is 470 g/mol. The van der Waals surface area contributed by atoms with E-state index >= 15 is 0 Å². The van der Waals surface area contributed by atoms with Crippen LogP contribution in [0.1, 0.15) is 47.8 Å². The number of nitrogens with zero attached hydrogens (tertiary/aromatic N) is 2. The second-order valence-electron chi connectivity index (χ2n) is 8.88. The van der Waals surface area contributed by atoms with Crippen LogP contribution in [0.15, 0.2) is 47.4 Å². The molecule has 0 aliphatic rings. The van der Waals surface area contributed by atoms with Gasteiger partial charge in [-0.2, -0.15) is 0 Å². The largest absolute Gasteiger partial charge is 0.465 e. The molecule has 1 aromatic heterocycles. The van der Waals surface area contributed by atoms with Crippen LogP contribution in [0.3, 0.4) is 0 Å². The number of rotatable bonds is 6. The van der Waals surface area contributed by atoms with E-state index in [0.29, 0.717) is 16.7 Å². The normalized spacial score (nSPS) is 11.3. The molecule has 0 atom stereocenters. The highest BCUT2D eigenvalue weighted by atomic mass is 35.5. The molecule has 1 heterocycles. The van der Waals surface area contributed by atoms with Crippen molar-refractivity contribution in [3.8, 4) is 11.3 Å². The molecule has 168 valence electrons. The molecule has 0 bridgehead atoms. The standard InChI is InChI=1S/C25H28ClN3O2S/c1-15-9-7-11-18(14-25(3,4)5)20(15)21-16(2)22(26)28-24(27-21)29-32-19-12-8-10-17(13-19)23(30)31-6/h7-13H,14H2,1-6H3,(H,27,28,29). The van der Waals surface area contributed by atoms with E-state index in [1.54, 1.807) is 18.2 Å². The number of halogens is 1. The van der Waals surface area contributed by atoms with Crippen LogP contribution in [0.5, 0.6) is 0 Å². The van der Waals surface area contributed by atoms with Crippen LogP contribution in [0.2, 0.25) is 5.15 Å². The highest BCUT2D eigenvalue weighted by Crippen LogP contribution is 2.35. The van der Waals surface area contributed by atoms with E-state index in [9.17, 15) is 4.79 Å². The number of carbonyl (C=O) groups is 1. The minimum atomic E-state index is -0.379. The number of carbonyl (C=O) groups excluding carboxylic acids is 1. The Morgan fingerprint density at radius 3 is 2.53 bits per heavy atom. The van der Waals surface area contributed by atoms with Crippen molar-refractivity contribution in [3.05, 3.63) is 69.9 Å². The molecule has 0 radical (unpaired) electrons. The van der Waals surface area contributed by atoms with E-state index in [0.717, 1.165) is 33.7 Å². The maximum absolute atomic E-state index is 11.8. The van der Waals surface area contributed by atoms with Gasteiger partial charge in [0.25, 0.3) is 0 Å². The molecule has 0 amide bonds. The summed E-state index contributed by atoms with van der Waals surface area (Å²) in [5.41, 5.74) is 5.77. The van der Waals surface area contributed by atoms with Gasteiger partial charge in [0.2, 0.25) is 5.95 Å². The lowest BCUT2D eigenvalue weighted by Gasteiger charge is -2.22. The second kappa shape index (κ2) is 9.92. The maximum Gasteiger partial charge on any atom is 0.337 e. The van der Waals surface area contributed by atoms with Crippen molar-refractivity contribution in [3.63, 3.8) is 0 Å². The summed E-state index contributed by atoms with van der Waals surface area (Å²) in [6, 6.07) is 13.5. The maximum atomic E-state index is 11.8. The molecule has 3 aromatic rings. The molecule has 0 fully saturated rings. The molecular weight excluding hydrogens is 442 g/mol. The van der Waals surface area contributed by atoms with Gasteiger partial charge in [0.1, 0.15) is 5.15 Å². The zero-order valence-electron chi connectivity index (χ0n) is 19.2. The Morgan fingerprint density at radius 1 is 1.12 bits per heavy atom. The molecule has 0 saturated heterocycles. The SMILES string of the molecule is COC(=O)c1cccc(SNc2nc(Cl)c(C)c(-c3c(C)cccc3CC(C)(C)C)n2)c1. The topological polar surface area (TPSA) is 64.1 Å². The van der Waals surface area contributed by atoms with Gasteiger partial charge in [0, 0.05) is 16.0 Å². The molecule has 0 saturated carbocycles. The van der Waals surface area contributed by atoms with Gasteiger partial charge >= 0.3 is 5.97 Å². The fraction of sp³-hybridized carbons (Fsp3) is 0.320. The minimum absolute atomic E-state index is 0.134. The van der Waals surface area contributed by atoms with E-state index in [2.05, 4.69) is 55.6 Å². The first-order valence-electron chi connectivity index (χ1n) is 10.3. The van der Waals surface area contributed by atoms with E-state index in [-0.39, 0.29) is 11.4 Å². The van der Waals surface area contributed by atoms with Crippen molar-refractivity contribution in [1.82, 2.24) is 9.97 Å². The molecule has 1 N–H and O–H groups in total. The number of hydrogen-bond acceptors (Lipinski definition) is 6. The van der Waals surface area contributed by atoms with E-state index in [1.807, 2.05) is 13.0 Å². The fourth-order valence-corrected chi connectivity index (χ4v) is 4.28. The van der Waals surface area contributed by atoms with Crippen LogP contribution in [-0.2, 0) is 11.2 Å². The van der Waals surface area contributed by atoms with Crippen molar-refractivity contribution in [2.45, 2.75) is 45.9 Å². The van der Waals surface area contributed by atoms with Crippen LogP contribution in [0.4, 0.5) is 5.95 Å². The summed E-state index contributed by atoms with van der Waals surface area (Å²) in [4.78, 5) is 21.9. The summed E-state index contributed by atoms with van der Waals surface area (Å²) in [6.45, 7) is 10.7. The van der Waals surface area contributed by atoms with Crippen LogP contribution >= 0.6 is 23.5 Å². The van der Waals surface area contributed by atoms with Gasteiger partial charge in [-0.3, -0.25) is 4.72 Å². The van der Waals surface area contributed by atoms with E-state index in [4.69, 9.17) is 21.3 Å². The monoisotopic (exact) mass is 469 g/mol. The Kier molecular flexibility index (Phi) is 7.47. The van der Waals surface area contributed by atoms with Gasteiger partial charge < -0.3 is 4.74 Å². The van der Waals surface area contributed by atoms with Crippen molar-refractivity contribution in [1.29, 1.82) is 0 Å². The first-order valence-corrected chi connectivity index (χ1v) is 11.5. The second-order valence-corrected chi connectivity index (χ2v) is 10.1. The number of nitrogens with one attached hydrogen (secondary N) is 1. The summed E-state index contributed by atoms with van der Waals surface area (Å²) in [7, 11) is 1.36. The number of hydrogen-bond donors (Lipinski definition) is 1. The Labute approximate surface area is 199 Å². The van der Waals surface area contributed by atoms with Gasteiger partial charge in [-0.1, -0.05) is 56.6 Å². The van der Waals surface area contributed by atoms with E-state index < -0.39 is 0 Å². The molecule has 2 aromatic carbocycles. The van der Waals surface area contributed by atoms with Crippen molar-refractivity contribution >= 4 is 35.5 Å². The quantitative estimate of drug-likeness (QED) is 0.240. The lowest BCUT2D eigenvalue weighted by Crippen LogP contribution is -2.11. The Bertz CT molecular complexity index is 1140. The van der Waals surface area contributed by atoms with E-state index in [1.165, 1.54) is 24.6 Å². The third-order valence-corrected chi connectivity index (χ3v) is 6.06. The third-order valence-electron chi connectivity index (χ3n) is 4.92. The van der Waals surface area contributed by atoms with Gasteiger partial charge in [0.05, 0.1) is 18.4 Å². The summed E-state index contributed by atoms with van der Waals surface area (Å²) in [5, 5.41) is 0.409. The molecular formula is C25H28ClN3O2S. The Morgan fingerprint density at radius 2 is 1.84 bits per heavy atom. The van der Waals surface area contributed by atoms with Crippen molar-refractivity contribution < 1.29 is 9.53 Å². The number of esters is 1. The first-order chi connectivity index (χ1) is 15.1. The summed E-state index contributed by atoms with van der Waals surface area (Å²) >= 11 is 7.82. The van der Waals surface area contributed by atoms with Gasteiger partial charge in [0.15, 0.2) is 0 Å². The highest BCUT2D eigenvalue weighted by Gasteiger charge is 2.20. The predicted molar refractivity (Wildman–Crippen MR) is 132 cm³/mol. The number of anilines is 1. The first kappa shape index (κ1) is 24.1. The minimum Gasteiger partial charge on any atom is -0.465 e. The number of benzene rings is 2. The lowest BCUT2D eigenvalue weighted by atomic mass is 9.84. The highest BCUT2D eigenvalue weighted by molar-refractivity contribution is 8.00. The Hall–Kier alpha value is -2.57. The van der Waals surface area contributed by atoms with Gasteiger partial charge in [-0.25, -0.2) is 14.8 Å². The molecule has 0 aliphatic heterocycles. The van der Waals surface area contributed by atoms with Crippen LogP contribution in [0.25, 0.3) is 11.3 Å². The van der Waals surface area contributed by atoms with Crippen molar-refractivity contribution in [2.75, 3.05) is 11.8 Å². The summed E-state index contributed by atoms with van der Waals surface area (Å²) in [5.74, 6) is 0.0318. The zero-order chi connectivity index (χ0) is 23.5. The average Bonchev–Trinajstić information content (AvgIpc) is 2.73. The molecule has 0 spiro atoms. The van der Waals surface area contributed by atoms with Crippen LogP contribution in [-0.4, -0.2) is 23.0 Å². The molecule has 5 nitrogen and oxygen atoms in total. The number of ether oxygens (including phenoxy) is 1. The number of aryl methyl sites for hydroxylation is 1. The molecule has 0 unspecified atom stereocenters. The predicted octanol–water partition coefficient (Wildman–Crippen LogP) is 6.91. The molecule has 7 heteroatoms. The summed E-state index contributed by atoms with van der Waals surface area (Å²) in [6.07, 6.45) is 0.920. The van der Waals surface area contributed by atoms with Crippen LogP contribution in [0, 0.1) is 19.3 Å². The molecule has 3 rings (SSSR count). The number of methoxy groups -OCH3 is 1. The number of aromatic nitrogens is 2. The van der Waals surface area contributed by atoms with Crippen molar-refractivity contribution in [2.24, 2.45) is 5.41 Å². The molecule has 32 heavy (non-hydrogen) atoms. The summed E-state index contributed by atoms with van der Waals surface area (Å²) < 4.78 is 7.96. The lowest BCUT2D eigenvalue weighted by molar-refractivity contribution is 0.0600. The third kappa shape index (κ3) is 5.81. The fourth-order valence-electron chi connectivity index (χ4n) is 3.47. The van der Waals surface area contributed by atoms with Gasteiger partial charge in [-0.05, 0) is 67.0 Å². The smallest absolute Gasteiger partial charge is 0.337 e. The Balaban J connectivity index is 1.96. The van der Waals surface area contributed by atoms with Crippen LogP contribution < -0.4 is 4.72 Å². The zero-order valence-corrected chi connectivity index (χ0v) is 20.8.